The summed E-state index contributed by atoms with van der Waals surface area (Å²) in [5.74, 6) is -4.51. The van der Waals surface area contributed by atoms with E-state index in [4.69, 9.17) is 0 Å². The van der Waals surface area contributed by atoms with Gasteiger partial charge < -0.3 is 15.3 Å². The maximum atomic E-state index is 12.8. The standard InChI is InChI=1S/C16H25F3N2O4/c1-8(2)9-6-7-21(10(9)13(23)24)12(22)11(15(3,4)5)20-14(25)16(17,18)19/h8-11H,6-7H2,1-5H3,(H,20,25)(H,23,24)/t9?,10?,11-/m1/s1. The van der Waals surface area contributed by atoms with Crippen LogP contribution in [0.15, 0.2) is 0 Å². The predicted molar refractivity (Wildman–Crippen MR) is 83.5 cm³/mol. The van der Waals surface area contributed by atoms with E-state index >= 15 is 0 Å². The van der Waals surface area contributed by atoms with Crippen LogP contribution >= 0.6 is 0 Å². The number of hydrogen-bond donors (Lipinski definition) is 2. The third kappa shape index (κ3) is 4.85. The summed E-state index contributed by atoms with van der Waals surface area (Å²) in [5.41, 5.74) is -1.02. The first kappa shape index (κ1) is 21.2. The van der Waals surface area contributed by atoms with Crippen LogP contribution < -0.4 is 5.32 Å². The van der Waals surface area contributed by atoms with Crippen LogP contribution in [0.2, 0.25) is 0 Å². The van der Waals surface area contributed by atoms with Crippen molar-refractivity contribution in [2.45, 2.75) is 59.3 Å². The molecule has 2 unspecified atom stereocenters. The van der Waals surface area contributed by atoms with Crippen LogP contribution in [0.5, 0.6) is 0 Å². The van der Waals surface area contributed by atoms with Crippen LogP contribution in [0.4, 0.5) is 13.2 Å². The number of carbonyl (C=O) groups is 3. The van der Waals surface area contributed by atoms with Gasteiger partial charge in [0.15, 0.2) is 0 Å². The summed E-state index contributed by atoms with van der Waals surface area (Å²) in [5, 5.41) is 11.2. The van der Waals surface area contributed by atoms with Crippen LogP contribution in [-0.2, 0) is 14.4 Å². The average molecular weight is 366 g/mol. The fourth-order valence-corrected chi connectivity index (χ4v) is 3.11. The van der Waals surface area contributed by atoms with Crippen molar-refractivity contribution in [1.29, 1.82) is 0 Å². The number of nitrogens with one attached hydrogen (secondary N) is 1. The molecule has 9 heteroatoms. The molecule has 6 nitrogen and oxygen atoms in total. The highest BCUT2D eigenvalue weighted by molar-refractivity contribution is 5.92. The minimum absolute atomic E-state index is 0.00301. The minimum Gasteiger partial charge on any atom is -0.480 e. The lowest BCUT2D eigenvalue weighted by molar-refractivity contribution is -0.176. The lowest BCUT2D eigenvalue weighted by atomic mass is 9.85. The van der Waals surface area contributed by atoms with Crippen molar-refractivity contribution < 1.29 is 32.7 Å². The van der Waals surface area contributed by atoms with Crippen molar-refractivity contribution >= 4 is 17.8 Å². The zero-order chi connectivity index (χ0) is 19.7. The minimum atomic E-state index is -5.12. The molecule has 1 heterocycles. The van der Waals surface area contributed by atoms with Gasteiger partial charge in [0.25, 0.3) is 0 Å². The topological polar surface area (TPSA) is 86.7 Å². The Morgan fingerprint density at radius 2 is 1.68 bits per heavy atom. The highest BCUT2D eigenvalue weighted by Gasteiger charge is 2.49. The maximum absolute atomic E-state index is 12.8. The van der Waals surface area contributed by atoms with Crippen LogP contribution in [-0.4, -0.2) is 52.6 Å². The van der Waals surface area contributed by atoms with Gasteiger partial charge in [-0.15, -0.1) is 0 Å². The normalized spacial score (nSPS) is 22.8. The molecule has 0 saturated carbocycles. The monoisotopic (exact) mass is 366 g/mol. The Hall–Kier alpha value is -1.80. The maximum Gasteiger partial charge on any atom is 0.471 e. The molecule has 144 valence electrons. The number of amides is 2. The Morgan fingerprint density at radius 1 is 1.16 bits per heavy atom. The van der Waals surface area contributed by atoms with E-state index in [0.717, 1.165) is 4.90 Å². The number of carboxylic acid groups (broad SMARTS) is 1. The van der Waals surface area contributed by atoms with E-state index in [0.29, 0.717) is 6.42 Å². The second kappa shape index (κ2) is 7.21. The zero-order valence-corrected chi connectivity index (χ0v) is 15.0. The van der Waals surface area contributed by atoms with Crippen molar-refractivity contribution in [2.24, 2.45) is 17.3 Å². The first-order chi connectivity index (χ1) is 11.2. The van der Waals surface area contributed by atoms with Gasteiger partial charge in [0, 0.05) is 6.54 Å². The molecule has 0 aromatic carbocycles. The number of aliphatic carboxylic acids is 1. The van der Waals surface area contributed by atoms with Crippen LogP contribution in [0, 0.1) is 17.3 Å². The zero-order valence-electron chi connectivity index (χ0n) is 15.0. The number of nitrogens with zero attached hydrogens (tertiary/aromatic N) is 1. The molecule has 3 atom stereocenters. The fourth-order valence-electron chi connectivity index (χ4n) is 3.11. The Bertz CT molecular complexity index is 540. The summed E-state index contributed by atoms with van der Waals surface area (Å²) >= 11 is 0. The van der Waals surface area contributed by atoms with Gasteiger partial charge >= 0.3 is 18.1 Å². The van der Waals surface area contributed by atoms with Crippen molar-refractivity contribution in [2.75, 3.05) is 6.54 Å². The van der Waals surface area contributed by atoms with Crippen LogP contribution in [0.1, 0.15) is 41.0 Å². The Balaban J connectivity index is 3.13. The summed E-state index contributed by atoms with van der Waals surface area (Å²) in [4.78, 5) is 36.8. The van der Waals surface area contributed by atoms with E-state index in [9.17, 15) is 32.7 Å². The first-order valence-corrected chi connectivity index (χ1v) is 8.09. The Labute approximate surface area is 144 Å². The summed E-state index contributed by atoms with van der Waals surface area (Å²) in [6.45, 7) is 8.34. The molecule has 0 bridgehead atoms. The number of halogens is 3. The third-order valence-corrected chi connectivity index (χ3v) is 4.48. The van der Waals surface area contributed by atoms with Gasteiger partial charge in [-0.1, -0.05) is 34.6 Å². The Kier molecular flexibility index (Phi) is 6.13. The summed E-state index contributed by atoms with van der Waals surface area (Å²) in [6.07, 6.45) is -4.67. The molecule has 0 radical (unpaired) electrons. The molecular formula is C16H25F3N2O4. The van der Waals surface area contributed by atoms with Crippen molar-refractivity contribution in [3.63, 3.8) is 0 Å². The van der Waals surface area contributed by atoms with E-state index in [1.54, 1.807) is 5.32 Å². The Morgan fingerprint density at radius 3 is 2.04 bits per heavy atom. The molecule has 0 aromatic heterocycles. The largest absolute Gasteiger partial charge is 0.480 e. The molecule has 2 amide bonds. The molecule has 0 spiro atoms. The average Bonchev–Trinajstić information content (AvgIpc) is 2.86. The molecule has 1 aliphatic rings. The summed E-state index contributed by atoms with van der Waals surface area (Å²) in [7, 11) is 0. The van der Waals surface area contributed by atoms with Gasteiger partial charge in [-0.25, -0.2) is 4.79 Å². The number of carbonyl (C=O) groups excluding carboxylic acids is 2. The van der Waals surface area contributed by atoms with Gasteiger partial charge in [0.1, 0.15) is 12.1 Å². The van der Waals surface area contributed by atoms with Crippen LogP contribution in [0.3, 0.4) is 0 Å². The molecule has 1 aliphatic heterocycles. The molecule has 0 aliphatic carbocycles. The summed E-state index contributed by atoms with van der Waals surface area (Å²) < 4.78 is 37.7. The smallest absolute Gasteiger partial charge is 0.471 e. The van der Waals surface area contributed by atoms with Gasteiger partial charge in [-0.05, 0) is 23.7 Å². The second-order valence-corrected chi connectivity index (χ2v) is 7.78. The number of likely N-dealkylation sites (tertiary alicyclic amines) is 1. The van der Waals surface area contributed by atoms with Gasteiger partial charge in [0.05, 0.1) is 0 Å². The molecular weight excluding hydrogens is 341 g/mol. The van der Waals surface area contributed by atoms with Crippen molar-refractivity contribution in [1.82, 2.24) is 10.2 Å². The van der Waals surface area contributed by atoms with Crippen LogP contribution in [0.25, 0.3) is 0 Å². The number of rotatable bonds is 4. The number of hydrogen-bond acceptors (Lipinski definition) is 3. The third-order valence-electron chi connectivity index (χ3n) is 4.48. The molecule has 2 N–H and O–H groups in total. The van der Waals surface area contributed by atoms with Crippen molar-refractivity contribution in [3.05, 3.63) is 0 Å². The quantitative estimate of drug-likeness (QED) is 0.797. The molecule has 1 rings (SSSR count). The molecule has 25 heavy (non-hydrogen) atoms. The summed E-state index contributed by atoms with van der Waals surface area (Å²) in [6, 6.07) is -2.59. The van der Waals surface area contributed by atoms with Crippen molar-refractivity contribution in [3.8, 4) is 0 Å². The van der Waals surface area contributed by atoms with E-state index in [2.05, 4.69) is 0 Å². The molecule has 0 aromatic rings. The number of alkyl halides is 3. The van der Waals surface area contributed by atoms with E-state index in [1.807, 2.05) is 13.8 Å². The molecule has 1 saturated heterocycles. The highest BCUT2D eigenvalue weighted by atomic mass is 19.4. The lowest BCUT2D eigenvalue weighted by Gasteiger charge is -2.35. The first-order valence-electron chi connectivity index (χ1n) is 8.09. The SMILES string of the molecule is CC(C)C1CCN(C(=O)[C@@H](NC(=O)C(F)(F)F)C(C)(C)C)C1C(=O)O. The van der Waals surface area contributed by atoms with Gasteiger partial charge in [0.2, 0.25) is 5.91 Å². The highest BCUT2D eigenvalue weighted by Crippen LogP contribution is 2.33. The van der Waals surface area contributed by atoms with Gasteiger partial charge in [-0.2, -0.15) is 13.2 Å². The van der Waals surface area contributed by atoms with E-state index < -0.39 is 41.5 Å². The second-order valence-electron chi connectivity index (χ2n) is 7.78. The number of carboxylic acids is 1. The predicted octanol–water partition coefficient (Wildman–Crippen LogP) is 2.04. The van der Waals surface area contributed by atoms with E-state index in [1.165, 1.54) is 20.8 Å². The molecule has 1 fully saturated rings. The lowest BCUT2D eigenvalue weighted by Crippen LogP contribution is -2.59. The fraction of sp³-hybridized carbons (Fsp3) is 0.812. The van der Waals surface area contributed by atoms with E-state index in [-0.39, 0.29) is 18.4 Å². The van der Waals surface area contributed by atoms with Gasteiger partial charge in [-0.3, -0.25) is 9.59 Å².